The number of nitrogens with one attached hydrogen (secondary N) is 2. The Bertz CT molecular complexity index is 1230. The summed E-state index contributed by atoms with van der Waals surface area (Å²) >= 11 is 1.51. The van der Waals surface area contributed by atoms with E-state index >= 15 is 0 Å². The molecule has 0 aliphatic carbocycles. The van der Waals surface area contributed by atoms with Crippen LogP contribution in [0.2, 0.25) is 0 Å². The highest BCUT2D eigenvalue weighted by atomic mass is 32.2. The van der Waals surface area contributed by atoms with Crippen molar-refractivity contribution in [1.29, 1.82) is 0 Å². The molecule has 0 saturated heterocycles. The van der Waals surface area contributed by atoms with Gasteiger partial charge in [-0.2, -0.15) is 0 Å². The Kier molecular flexibility index (Phi) is 7.93. The lowest BCUT2D eigenvalue weighted by Crippen LogP contribution is -2.28. The lowest BCUT2D eigenvalue weighted by atomic mass is 9.84. The molecule has 0 bridgehead atoms. The Morgan fingerprint density at radius 1 is 1.26 bits per heavy atom. The first-order valence-electron chi connectivity index (χ1n) is 10.7. The molecule has 0 fully saturated rings. The summed E-state index contributed by atoms with van der Waals surface area (Å²) in [6, 6.07) is 9.48. The number of ether oxygens (including phenoxy) is 1. The third kappa shape index (κ3) is 5.74. The van der Waals surface area contributed by atoms with Crippen LogP contribution in [0.3, 0.4) is 0 Å². The van der Waals surface area contributed by atoms with Crippen molar-refractivity contribution < 1.29 is 18.5 Å². The van der Waals surface area contributed by atoms with E-state index < -0.39 is 11.0 Å². The van der Waals surface area contributed by atoms with E-state index in [1.807, 2.05) is 30.3 Å². The smallest absolute Gasteiger partial charge is 0.221 e. The van der Waals surface area contributed by atoms with Crippen molar-refractivity contribution in [2.75, 3.05) is 36.6 Å². The number of anilines is 2. The standard InChI is InChI=1S/C24H30N4O4S2/c1-24(2,3)18-13-16(28(14-29)10-9-21(30)25-4)12-17(22(18)32-5)23-26-19-11-15(27-34(6)31)7-8-20(19)33-23/h7-8,11-14,27H,9-10H2,1-6H3,(H,25,30). The third-order valence-electron chi connectivity index (χ3n) is 5.28. The Balaban J connectivity index is 2.16. The van der Waals surface area contributed by atoms with Gasteiger partial charge in [0.1, 0.15) is 21.7 Å². The molecule has 3 rings (SSSR count). The fraction of sp³-hybridized carbons (Fsp3) is 0.375. The van der Waals surface area contributed by atoms with Crippen molar-refractivity contribution in [2.45, 2.75) is 32.6 Å². The van der Waals surface area contributed by atoms with Crippen molar-refractivity contribution in [3.63, 3.8) is 0 Å². The number of carbonyl (C=O) groups excluding carboxylic acids is 2. The van der Waals surface area contributed by atoms with Gasteiger partial charge in [-0.05, 0) is 35.7 Å². The van der Waals surface area contributed by atoms with Gasteiger partial charge in [0.15, 0.2) is 0 Å². The Hall–Kier alpha value is -2.98. The van der Waals surface area contributed by atoms with Crippen molar-refractivity contribution in [1.82, 2.24) is 10.3 Å². The van der Waals surface area contributed by atoms with E-state index in [1.165, 1.54) is 16.2 Å². The number of benzene rings is 2. The second-order valence-corrected chi connectivity index (χ2v) is 10.9. The van der Waals surface area contributed by atoms with Crippen molar-refractivity contribution in [3.8, 4) is 16.3 Å². The molecule has 1 unspecified atom stereocenters. The second kappa shape index (κ2) is 10.5. The summed E-state index contributed by atoms with van der Waals surface area (Å²) in [5.41, 5.74) is 3.59. The van der Waals surface area contributed by atoms with Gasteiger partial charge in [-0.15, -0.1) is 11.3 Å². The fourth-order valence-corrected chi connectivity index (χ4v) is 5.00. The number of nitrogens with zero attached hydrogens (tertiary/aromatic N) is 2. The first-order valence-corrected chi connectivity index (χ1v) is 13.1. The Labute approximate surface area is 206 Å². The largest absolute Gasteiger partial charge is 0.496 e. The number of rotatable bonds is 9. The zero-order chi connectivity index (χ0) is 25.0. The molecule has 2 aromatic carbocycles. The average Bonchev–Trinajstić information content (AvgIpc) is 3.20. The molecule has 0 aliphatic heterocycles. The van der Waals surface area contributed by atoms with E-state index in [1.54, 1.807) is 20.4 Å². The zero-order valence-corrected chi connectivity index (χ0v) is 21.9. The van der Waals surface area contributed by atoms with Crippen LogP contribution in [0.1, 0.15) is 32.8 Å². The van der Waals surface area contributed by atoms with E-state index in [0.717, 1.165) is 38.4 Å². The van der Waals surface area contributed by atoms with Gasteiger partial charge in [0.2, 0.25) is 12.3 Å². The third-order valence-corrected chi connectivity index (χ3v) is 6.88. The molecule has 34 heavy (non-hydrogen) atoms. The number of methoxy groups -OCH3 is 1. The summed E-state index contributed by atoms with van der Waals surface area (Å²) in [5.74, 6) is 0.556. The SMILES string of the molecule is CNC(=O)CCN(C=O)c1cc(-c2nc3cc(NS(C)=O)ccc3s2)c(OC)c(C(C)(C)C)c1. The highest BCUT2D eigenvalue weighted by Gasteiger charge is 2.26. The van der Waals surface area contributed by atoms with E-state index in [-0.39, 0.29) is 24.3 Å². The molecular formula is C24H30N4O4S2. The molecule has 182 valence electrons. The van der Waals surface area contributed by atoms with Crippen LogP contribution in [-0.2, 0) is 26.0 Å². The number of fused-ring (bicyclic) bond motifs is 1. The van der Waals surface area contributed by atoms with Crippen LogP contribution in [0.15, 0.2) is 30.3 Å². The van der Waals surface area contributed by atoms with Gasteiger partial charge in [0.25, 0.3) is 0 Å². The molecule has 2 N–H and O–H groups in total. The number of amides is 2. The second-order valence-electron chi connectivity index (χ2n) is 8.80. The van der Waals surface area contributed by atoms with Crippen molar-refractivity contribution >= 4 is 56.2 Å². The van der Waals surface area contributed by atoms with Gasteiger partial charge in [0.05, 0.1) is 22.9 Å². The lowest BCUT2D eigenvalue weighted by Gasteiger charge is -2.27. The highest BCUT2D eigenvalue weighted by molar-refractivity contribution is 7.85. The number of hydrogen-bond acceptors (Lipinski definition) is 6. The number of hydrogen-bond donors (Lipinski definition) is 2. The maximum atomic E-state index is 12.0. The molecule has 0 aliphatic rings. The zero-order valence-electron chi connectivity index (χ0n) is 20.2. The Morgan fingerprint density at radius 2 is 2.00 bits per heavy atom. The molecule has 10 heteroatoms. The van der Waals surface area contributed by atoms with Gasteiger partial charge in [-0.3, -0.25) is 9.59 Å². The topological polar surface area (TPSA) is 101 Å². The van der Waals surface area contributed by atoms with Gasteiger partial charge in [0, 0.05) is 43.2 Å². The lowest BCUT2D eigenvalue weighted by molar-refractivity contribution is -0.120. The maximum absolute atomic E-state index is 12.0. The van der Waals surface area contributed by atoms with Crippen LogP contribution < -0.4 is 19.7 Å². The van der Waals surface area contributed by atoms with Crippen molar-refractivity contribution in [2.24, 2.45) is 0 Å². The number of thiazole rings is 1. The predicted molar refractivity (Wildman–Crippen MR) is 140 cm³/mol. The molecule has 1 heterocycles. The molecule has 0 radical (unpaired) electrons. The number of aromatic nitrogens is 1. The maximum Gasteiger partial charge on any atom is 0.221 e. The van der Waals surface area contributed by atoms with Gasteiger partial charge < -0.3 is 19.7 Å². The first-order chi connectivity index (χ1) is 16.1. The fourth-order valence-electron chi connectivity index (χ4n) is 3.58. The van der Waals surface area contributed by atoms with Gasteiger partial charge in [-0.25, -0.2) is 9.19 Å². The summed E-state index contributed by atoms with van der Waals surface area (Å²) in [4.78, 5) is 30.1. The first kappa shape index (κ1) is 25.6. The molecule has 0 saturated carbocycles. The average molecular weight is 503 g/mol. The molecule has 1 atom stereocenters. The van der Waals surface area contributed by atoms with Crippen LogP contribution in [0.5, 0.6) is 5.75 Å². The number of carbonyl (C=O) groups is 2. The predicted octanol–water partition coefficient (Wildman–Crippen LogP) is 4.07. The molecule has 2 amide bonds. The minimum absolute atomic E-state index is 0.139. The van der Waals surface area contributed by atoms with Crippen LogP contribution >= 0.6 is 11.3 Å². The van der Waals surface area contributed by atoms with E-state index in [2.05, 4.69) is 30.8 Å². The summed E-state index contributed by atoms with van der Waals surface area (Å²) in [7, 11) is 2.02. The molecule has 1 aromatic heterocycles. The van der Waals surface area contributed by atoms with Gasteiger partial charge in [-0.1, -0.05) is 20.8 Å². The van der Waals surface area contributed by atoms with Crippen LogP contribution in [0, 0.1) is 0 Å². The quantitative estimate of drug-likeness (QED) is 0.430. The van der Waals surface area contributed by atoms with Crippen LogP contribution in [0.25, 0.3) is 20.8 Å². The van der Waals surface area contributed by atoms with E-state index in [0.29, 0.717) is 11.4 Å². The molecule has 8 nitrogen and oxygen atoms in total. The minimum Gasteiger partial charge on any atom is -0.496 e. The van der Waals surface area contributed by atoms with Crippen LogP contribution in [-0.4, -0.2) is 48.5 Å². The van der Waals surface area contributed by atoms with E-state index in [4.69, 9.17) is 9.72 Å². The summed E-state index contributed by atoms with van der Waals surface area (Å²) in [5, 5.41) is 3.33. The van der Waals surface area contributed by atoms with E-state index in [9.17, 15) is 13.8 Å². The normalized spacial score (nSPS) is 12.3. The summed E-state index contributed by atoms with van der Waals surface area (Å²) in [6.07, 6.45) is 2.50. The minimum atomic E-state index is -1.18. The Morgan fingerprint density at radius 3 is 2.59 bits per heavy atom. The van der Waals surface area contributed by atoms with Gasteiger partial charge >= 0.3 is 0 Å². The summed E-state index contributed by atoms with van der Waals surface area (Å²) < 4.78 is 21.3. The van der Waals surface area contributed by atoms with Crippen LogP contribution in [0.4, 0.5) is 11.4 Å². The molecule has 0 spiro atoms. The highest BCUT2D eigenvalue weighted by Crippen LogP contribution is 2.44. The summed E-state index contributed by atoms with van der Waals surface area (Å²) in [6.45, 7) is 6.49. The van der Waals surface area contributed by atoms with Crippen molar-refractivity contribution in [3.05, 3.63) is 35.9 Å². The monoisotopic (exact) mass is 502 g/mol. The molecule has 3 aromatic rings. The molecular weight excluding hydrogens is 472 g/mol.